The van der Waals surface area contributed by atoms with Crippen LogP contribution in [0.2, 0.25) is 0 Å². The molecule has 1 aliphatic heterocycles. The predicted octanol–water partition coefficient (Wildman–Crippen LogP) is 3.86. The molecule has 0 aliphatic carbocycles. The SMILES string of the molecule is NS(=O)(=O)c1ccc(CCC(=O)Nc2ncnc3ccc(N4CCC[C@@H]4c4cc(F)ccc4F)nc23)cc1. The molecule has 0 radical (unpaired) electrons. The number of aromatic nitrogens is 3. The third-order valence-electron chi connectivity index (χ3n) is 6.48. The monoisotopic (exact) mass is 538 g/mol. The van der Waals surface area contributed by atoms with Crippen LogP contribution in [-0.4, -0.2) is 35.8 Å². The third-order valence-corrected chi connectivity index (χ3v) is 7.41. The van der Waals surface area contributed by atoms with Gasteiger partial charge in [-0.05, 0) is 67.3 Å². The Balaban J connectivity index is 1.34. The molecule has 3 N–H and O–H groups in total. The van der Waals surface area contributed by atoms with Crippen LogP contribution >= 0.6 is 0 Å². The van der Waals surface area contributed by atoms with Gasteiger partial charge in [-0.2, -0.15) is 0 Å². The molecule has 4 aromatic rings. The van der Waals surface area contributed by atoms with Gasteiger partial charge >= 0.3 is 0 Å². The summed E-state index contributed by atoms with van der Waals surface area (Å²) in [6.07, 6.45) is 3.24. The molecule has 38 heavy (non-hydrogen) atoms. The molecule has 0 unspecified atom stereocenters. The molecule has 1 aliphatic rings. The van der Waals surface area contributed by atoms with Crippen LogP contribution in [0.4, 0.5) is 20.4 Å². The van der Waals surface area contributed by atoms with E-state index in [1.54, 1.807) is 24.3 Å². The molecule has 12 heteroatoms. The zero-order chi connectivity index (χ0) is 26.9. The molecule has 0 saturated carbocycles. The van der Waals surface area contributed by atoms with Gasteiger partial charge in [0.25, 0.3) is 0 Å². The molecule has 1 fully saturated rings. The van der Waals surface area contributed by atoms with Gasteiger partial charge < -0.3 is 10.2 Å². The van der Waals surface area contributed by atoms with Crippen LogP contribution in [0.15, 0.2) is 65.8 Å². The summed E-state index contributed by atoms with van der Waals surface area (Å²) in [5.41, 5.74) is 1.94. The summed E-state index contributed by atoms with van der Waals surface area (Å²) >= 11 is 0. The third kappa shape index (κ3) is 5.46. The largest absolute Gasteiger partial charge is 0.349 e. The van der Waals surface area contributed by atoms with Crippen molar-refractivity contribution in [2.24, 2.45) is 5.14 Å². The number of sulfonamides is 1. The van der Waals surface area contributed by atoms with Gasteiger partial charge in [-0.15, -0.1) is 0 Å². The summed E-state index contributed by atoms with van der Waals surface area (Å²) in [7, 11) is -3.78. The smallest absolute Gasteiger partial charge is 0.238 e. The average molecular weight is 539 g/mol. The molecular formula is C26H24F2N6O3S. The lowest BCUT2D eigenvalue weighted by Gasteiger charge is -2.26. The van der Waals surface area contributed by atoms with Gasteiger partial charge in [0, 0.05) is 18.5 Å². The zero-order valence-electron chi connectivity index (χ0n) is 20.1. The van der Waals surface area contributed by atoms with E-state index in [1.165, 1.54) is 24.5 Å². The first kappa shape index (κ1) is 25.6. The van der Waals surface area contributed by atoms with E-state index < -0.39 is 21.7 Å². The van der Waals surface area contributed by atoms with Gasteiger partial charge in [0.05, 0.1) is 16.5 Å². The standard InChI is InChI=1S/C26H24F2N6O3S/c27-17-6-9-20(28)19(14-17)22-2-1-13-34(22)23-11-10-21-25(32-23)26(31-15-30-21)33-24(35)12-5-16-3-7-18(8-4-16)38(29,36)37/h3-4,6-11,14-15,22H,1-2,5,12-13H2,(H2,29,36,37)(H,30,31,33,35)/t22-/m1/s1. The first-order valence-corrected chi connectivity index (χ1v) is 13.5. The van der Waals surface area contributed by atoms with Crippen molar-refractivity contribution in [3.05, 3.63) is 83.7 Å². The molecule has 196 valence electrons. The molecule has 5 rings (SSSR count). The van der Waals surface area contributed by atoms with Crippen LogP contribution in [0.1, 0.15) is 36.4 Å². The molecule has 3 heterocycles. The van der Waals surface area contributed by atoms with E-state index in [2.05, 4.69) is 15.3 Å². The van der Waals surface area contributed by atoms with E-state index in [9.17, 15) is 22.0 Å². The minimum Gasteiger partial charge on any atom is -0.349 e. The van der Waals surface area contributed by atoms with Gasteiger partial charge in [0.1, 0.15) is 29.3 Å². The molecule has 1 amide bonds. The van der Waals surface area contributed by atoms with Crippen molar-refractivity contribution < 1.29 is 22.0 Å². The van der Waals surface area contributed by atoms with Crippen LogP contribution in [0.5, 0.6) is 0 Å². The van der Waals surface area contributed by atoms with Crippen LogP contribution in [0, 0.1) is 11.6 Å². The zero-order valence-corrected chi connectivity index (χ0v) is 21.0. The lowest BCUT2D eigenvalue weighted by molar-refractivity contribution is -0.116. The number of hydrogen-bond donors (Lipinski definition) is 2. The number of nitrogens with two attached hydrogens (primary N) is 1. The van der Waals surface area contributed by atoms with Crippen LogP contribution < -0.4 is 15.4 Å². The molecule has 1 saturated heterocycles. The Labute approximate surface area is 217 Å². The first-order chi connectivity index (χ1) is 18.2. The van der Waals surface area contributed by atoms with Crippen molar-refractivity contribution in [1.82, 2.24) is 15.0 Å². The number of primary sulfonamides is 1. The van der Waals surface area contributed by atoms with Gasteiger partial charge in [0.15, 0.2) is 5.82 Å². The van der Waals surface area contributed by atoms with Crippen molar-refractivity contribution in [3.8, 4) is 0 Å². The number of anilines is 2. The summed E-state index contributed by atoms with van der Waals surface area (Å²) in [6, 6.07) is 12.6. The molecular weight excluding hydrogens is 514 g/mol. The normalized spacial score (nSPS) is 15.7. The Bertz CT molecular complexity index is 1620. The van der Waals surface area contributed by atoms with Gasteiger partial charge in [0.2, 0.25) is 15.9 Å². The minimum atomic E-state index is -3.78. The summed E-state index contributed by atoms with van der Waals surface area (Å²) < 4.78 is 51.2. The highest BCUT2D eigenvalue weighted by Crippen LogP contribution is 2.37. The second kappa shape index (κ2) is 10.4. The maximum absolute atomic E-state index is 14.5. The Morgan fingerprint density at radius 1 is 1.08 bits per heavy atom. The summed E-state index contributed by atoms with van der Waals surface area (Å²) in [5, 5.41) is 7.89. The maximum atomic E-state index is 14.5. The molecule has 2 aromatic heterocycles. The Kier molecular flexibility index (Phi) is 7.00. The summed E-state index contributed by atoms with van der Waals surface area (Å²) in [6.45, 7) is 0.610. The van der Waals surface area contributed by atoms with E-state index in [1.807, 2.05) is 4.90 Å². The minimum absolute atomic E-state index is 0.000384. The highest BCUT2D eigenvalue weighted by molar-refractivity contribution is 7.89. The van der Waals surface area contributed by atoms with Crippen molar-refractivity contribution in [3.63, 3.8) is 0 Å². The van der Waals surface area contributed by atoms with E-state index in [0.29, 0.717) is 36.2 Å². The average Bonchev–Trinajstić information content (AvgIpc) is 3.38. The van der Waals surface area contributed by atoms with E-state index in [0.717, 1.165) is 24.1 Å². The Morgan fingerprint density at radius 2 is 1.87 bits per heavy atom. The fourth-order valence-electron chi connectivity index (χ4n) is 4.61. The number of pyridine rings is 1. The number of carbonyl (C=O) groups is 1. The van der Waals surface area contributed by atoms with Crippen LogP contribution in [-0.2, 0) is 21.2 Å². The number of rotatable bonds is 7. The molecule has 0 bridgehead atoms. The van der Waals surface area contributed by atoms with E-state index >= 15 is 0 Å². The van der Waals surface area contributed by atoms with Gasteiger partial charge in [-0.3, -0.25) is 4.79 Å². The van der Waals surface area contributed by atoms with Crippen molar-refractivity contribution >= 4 is 38.6 Å². The Hall–Kier alpha value is -4.03. The van der Waals surface area contributed by atoms with Crippen molar-refractivity contribution in [1.29, 1.82) is 0 Å². The summed E-state index contributed by atoms with van der Waals surface area (Å²) in [5.74, 6) is -0.505. The second-order valence-electron chi connectivity index (χ2n) is 9.01. The number of halogens is 2. The first-order valence-electron chi connectivity index (χ1n) is 11.9. The number of fused-ring (bicyclic) bond motifs is 1. The van der Waals surface area contributed by atoms with Gasteiger partial charge in [-0.1, -0.05) is 12.1 Å². The van der Waals surface area contributed by atoms with Crippen molar-refractivity contribution in [2.45, 2.75) is 36.6 Å². The highest BCUT2D eigenvalue weighted by Gasteiger charge is 2.30. The number of hydrogen-bond acceptors (Lipinski definition) is 7. The van der Waals surface area contributed by atoms with Gasteiger partial charge in [-0.25, -0.2) is 37.3 Å². The van der Waals surface area contributed by atoms with Crippen molar-refractivity contribution in [2.75, 3.05) is 16.8 Å². The number of nitrogens with one attached hydrogen (secondary N) is 1. The maximum Gasteiger partial charge on any atom is 0.238 e. The second-order valence-corrected chi connectivity index (χ2v) is 10.6. The molecule has 9 nitrogen and oxygen atoms in total. The van der Waals surface area contributed by atoms with E-state index in [-0.39, 0.29) is 34.6 Å². The lowest BCUT2D eigenvalue weighted by atomic mass is 10.0. The van der Waals surface area contributed by atoms with Crippen LogP contribution in [0.25, 0.3) is 11.0 Å². The van der Waals surface area contributed by atoms with E-state index in [4.69, 9.17) is 10.1 Å². The number of carbonyl (C=O) groups excluding carboxylic acids is 1. The summed E-state index contributed by atoms with van der Waals surface area (Å²) in [4.78, 5) is 27.7. The quantitative estimate of drug-likeness (QED) is 0.365. The Morgan fingerprint density at radius 3 is 2.63 bits per heavy atom. The predicted molar refractivity (Wildman–Crippen MR) is 138 cm³/mol. The number of aryl methyl sites for hydroxylation is 1. The fourth-order valence-corrected chi connectivity index (χ4v) is 5.13. The topological polar surface area (TPSA) is 131 Å². The molecule has 1 atom stereocenters. The fraction of sp³-hybridized carbons (Fsp3) is 0.231. The lowest BCUT2D eigenvalue weighted by Crippen LogP contribution is -2.24. The number of nitrogens with zero attached hydrogens (tertiary/aromatic N) is 4. The number of amides is 1. The highest BCUT2D eigenvalue weighted by atomic mass is 32.2. The molecule has 2 aromatic carbocycles. The number of benzene rings is 2. The van der Waals surface area contributed by atoms with Crippen LogP contribution in [0.3, 0.4) is 0 Å². The molecule has 0 spiro atoms.